The van der Waals surface area contributed by atoms with Crippen LogP contribution in [0.4, 0.5) is 10.7 Å². The number of nitrogens with one attached hydrogen (secondary N) is 1. The molecule has 0 spiro atoms. The van der Waals surface area contributed by atoms with Crippen LogP contribution in [0.3, 0.4) is 0 Å². The van der Waals surface area contributed by atoms with E-state index in [1.54, 1.807) is 0 Å². The second-order valence-corrected chi connectivity index (χ2v) is 6.84. The maximum atomic E-state index is 11.7. The predicted molar refractivity (Wildman–Crippen MR) is 84.6 cm³/mol. The fourth-order valence-corrected chi connectivity index (χ4v) is 3.47. The van der Waals surface area contributed by atoms with Crippen molar-refractivity contribution in [2.75, 3.05) is 24.7 Å². The number of ether oxygens (including phenoxy) is 1. The number of hydrogen-bond donors (Lipinski definition) is 2. The van der Waals surface area contributed by atoms with Gasteiger partial charge in [0.25, 0.3) is 0 Å². The lowest BCUT2D eigenvalue weighted by atomic mass is 10.1. The van der Waals surface area contributed by atoms with Gasteiger partial charge in [0.15, 0.2) is 0 Å². The third kappa shape index (κ3) is 3.45. The molecule has 1 heterocycles. The maximum Gasteiger partial charge on any atom is 0.350 e. The monoisotopic (exact) mass is 296 g/mol. The Hall–Kier alpha value is -1.23. The minimum atomic E-state index is -0.329. The third-order valence-electron chi connectivity index (χ3n) is 3.58. The van der Waals surface area contributed by atoms with Crippen LogP contribution in [-0.4, -0.2) is 19.6 Å². The Morgan fingerprint density at radius 2 is 2.20 bits per heavy atom. The molecule has 0 aromatic carbocycles. The summed E-state index contributed by atoms with van der Waals surface area (Å²) in [5.41, 5.74) is 7.90. The molecule has 0 atom stereocenters. The van der Waals surface area contributed by atoms with Crippen molar-refractivity contribution < 1.29 is 9.53 Å². The number of anilines is 2. The van der Waals surface area contributed by atoms with Crippen LogP contribution in [-0.2, 0) is 4.74 Å². The molecule has 1 saturated carbocycles. The first-order chi connectivity index (χ1) is 9.54. The highest BCUT2D eigenvalue weighted by Gasteiger charge is 2.33. The summed E-state index contributed by atoms with van der Waals surface area (Å²) in [4.78, 5) is 12.3. The van der Waals surface area contributed by atoms with Crippen LogP contribution < -0.4 is 11.1 Å². The average molecular weight is 296 g/mol. The number of carbonyl (C=O) groups excluding carboxylic acids is 1. The van der Waals surface area contributed by atoms with Crippen molar-refractivity contribution in [2.45, 2.75) is 45.4 Å². The molecular weight excluding hydrogens is 272 g/mol. The molecule has 0 radical (unpaired) electrons. The normalized spacial score (nSPS) is 14.6. The van der Waals surface area contributed by atoms with E-state index in [1.165, 1.54) is 37.7 Å². The van der Waals surface area contributed by atoms with E-state index < -0.39 is 0 Å². The Morgan fingerprint density at radius 3 is 2.75 bits per heavy atom. The zero-order chi connectivity index (χ0) is 14.7. The van der Waals surface area contributed by atoms with Gasteiger partial charge in [-0.3, -0.25) is 0 Å². The fraction of sp³-hybridized carbons (Fsp3) is 0.667. The molecule has 0 unspecified atom stereocenters. The Labute approximate surface area is 124 Å². The largest absolute Gasteiger partial charge is 0.465 e. The number of carbonyl (C=O) groups is 1. The molecule has 1 aliphatic carbocycles. The maximum absolute atomic E-state index is 11.7. The number of nitrogens with two attached hydrogens (primary N) is 1. The molecule has 2 rings (SSSR count). The number of methoxy groups -OCH3 is 1. The number of rotatable bonds is 7. The summed E-state index contributed by atoms with van der Waals surface area (Å²) in [6.45, 7) is 5.39. The Balaban J connectivity index is 2.08. The average Bonchev–Trinajstić information content (AvgIpc) is 3.18. The van der Waals surface area contributed by atoms with Gasteiger partial charge in [-0.05, 0) is 37.5 Å². The number of thiophene rings is 1. The lowest BCUT2D eigenvalue weighted by Gasteiger charge is -2.08. The molecule has 0 aliphatic heterocycles. The van der Waals surface area contributed by atoms with Crippen molar-refractivity contribution in [3.8, 4) is 0 Å². The van der Waals surface area contributed by atoms with Gasteiger partial charge >= 0.3 is 5.97 Å². The first-order valence-electron chi connectivity index (χ1n) is 7.29. The van der Waals surface area contributed by atoms with Gasteiger partial charge < -0.3 is 15.8 Å². The molecule has 3 N–H and O–H groups in total. The number of hydrogen-bond acceptors (Lipinski definition) is 5. The molecule has 4 nitrogen and oxygen atoms in total. The van der Waals surface area contributed by atoms with E-state index in [2.05, 4.69) is 19.2 Å². The molecule has 1 aromatic rings. The molecule has 1 aliphatic rings. The number of nitrogen functional groups attached to an aromatic ring is 1. The second-order valence-electron chi connectivity index (χ2n) is 5.82. The standard InChI is InChI=1S/C15H24N2O2S/c1-9(2)5-4-8-17-14-11(10-6-7-10)12(16)13(20-14)15(18)19-3/h9-10,17H,4-8,16H2,1-3H3. The zero-order valence-corrected chi connectivity index (χ0v) is 13.3. The summed E-state index contributed by atoms with van der Waals surface area (Å²) < 4.78 is 4.81. The van der Waals surface area contributed by atoms with Crippen molar-refractivity contribution in [3.05, 3.63) is 10.4 Å². The Kier molecular flexibility index (Phi) is 4.91. The highest BCUT2D eigenvalue weighted by Crippen LogP contribution is 2.50. The lowest BCUT2D eigenvalue weighted by Crippen LogP contribution is -2.04. The molecule has 112 valence electrons. The van der Waals surface area contributed by atoms with Gasteiger partial charge in [0.05, 0.1) is 17.8 Å². The summed E-state index contributed by atoms with van der Waals surface area (Å²) in [6.07, 6.45) is 4.67. The van der Waals surface area contributed by atoms with E-state index in [0.29, 0.717) is 16.5 Å². The lowest BCUT2D eigenvalue weighted by molar-refractivity contribution is 0.0607. The summed E-state index contributed by atoms with van der Waals surface area (Å²) in [7, 11) is 1.40. The second kappa shape index (κ2) is 6.48. The Morgan fingerprint density at radius 1 is 1.50 bits per heavy atom. The van der Waals surface area contributed by atoms with Crippen LogP contribution in [0.25, 0.3) is 0 Å². The van der Waals surface area contributed by atoms with E-state index >= 15 is 0 Å². The SMILES string of the molecule is COC(=O)c1sc(NCCCC(C)C)c(C2CC2)c1N. The molecule has 0 amide bonds. The molecule has 5 heteroatoms. The molecule has 0 bridgehead atoms. The van der Waals surface area contributed by atoms with E-state index in [4.69, 9.17) is 10.5 Å². The molecule has 0 saturated heterocycles. The Bertz CT molecular complexity index is 478. The molecule has 20 heavy (non-hydrogen) atoms. The fourth-order valence-electron chi connectivity index (χ4n) is 2.32. The van der Waals surface area contributed by atoms with Gasteiger partial charge in [-0.1, -0.05) is 13.8 Å². The van der Waals surface area contributed by atoms with Gasteiger partial charge in [0.2, 0.25) is 0 Å². The molecule has 1 fully saturated rings. The van der Waals surface area contributed by atoms with E-state index in [9.17, 15) is 4.79 Å². The van der Waals surface area contributed by atoms with Crippen LogP contribution in [0.1, 0.15) is 60.7 Å². The summed E-state index contributed by atoms with van der Waals surface area (Å²) in [5, 5.41) is 4.52. The van der Waals surface area contributed by atoms with Gasteiger partial charge in [-0.15, -0.1) is 11.3 Å². The van der Waals surface area contributed by atoms with Crippen molar-refractivity contribution in [3.63, 3.8) is 0 Å². The van der Waals surface area contributed by atoms with Gasteiger partial charge in [-0.25, -0.2) is 4.79 Å². The minimum absolute atomic E-state index is 0.329. The highest BCUT2D eigenvalue weighted by molar-refractivity contribution is 7.18. The van der Waals surface area contributed by atoms with Crippen molar-refractivity contribution in [2.24, 2.45) is 5.92 Å². The van der Waals surface area contributed by atoms with E-state index in [0.717, 1.165) is 29.4 Å². The smallest absolute Gasteiger partial charge is 0.350 e. The van der Waals surface area contributed by atoms with Crippen molar-refractivity contribution in [1.29, 1.82) is 0 Å². The predicted octanol–water partition coefficient (Wildman–Crippen LogP) is 3.84. The van der Waals surface area contributed by atoms with Crippen LogP contribution >= 0.6 is 11.3 Å². The minimum Gasteiger partial charge on any atom is -0.465 e. The first kappa shape index (κ1) is 15.2. The first-order valence-corrected chi connectivity index (χ1v) is 8.10. The van der Waals surface area contributed by atoms with Crippen LogP contribution in [0.15, 0.2) is 0 Å². The summed E-state index contributed by atoms with van der Waals surface area (Å²) in [5.74, 6) is 0.917. The van der Waals surface area contributed by atoms with E-state index in [1.807, 2.05) is 0 Å². The van der Waals surface area contributed by atoms with Crippen molar-refractivity contribution in [1.82, 2.24) is 0 Å². The van der Waals surface area contributed by atoms with Gasteiger partial charge in [-0.2, -0.15) is 0 Å². The van der Waals surface area contributed by atoms with E-state index in [-0.39, 0.29) is 5.97 Å². The zero-order valence-electron chi connectivity index (χ0n) is 12.5. The van der Waals surface area contributed by atoms with Gasteiger partial charge in [0, 0.05) is 12.1 Å². The summed E-state index contributed by atoms with van der Waals surface area (Å²) in [6, 6.07) is 0. The van der Waals surface area contributed by atoms with Crippen LogP contribution in [0.5, 0.6) is 0 Å². The topological polar surface area (TPSA) is 64.3 Å². The quantitative estimate of drug-likeness (QED) is 0.592. The van der Waals surface area contributed by atoms with Gasteiger partial charge in [0.1, 0.15) is 4.88 Å². The molecular formula is C15H24N2O2S. The van der Waals surface area contributed by atoms with Crippen LogP contribution in [0.2, 0.25) is 0 Å². The highest BCUT2D eigenvalue weighted by atomic mass is 32.1. The summed E-state index contributed by atoms with van der Waals surface area (Å²) >= 11 is 1.44. The molecule has 1 aromatic heterocycles. The van der Waals surface area contributed by atoms with Crippen molar-refractivity contribution >= 4 is 28.0 Å². The van der Waals surface area contributed by atoms with Crippen LogP contribution in [0, 0.1) is 5.92 Å². The number of esters is 1. The third-order valence-corrected chi connectivity index (χ3v) is 4.74.